The third-order valence-corrected chi connectivity index (χ3v) is 5.20. The van der Waals surface area contributed by atoms with E-state index in [0.29, 0.717) is 16.8 Å². The molecule has 3 aromatic rings. The summed E-state index contributed by atoms with van der Waals surface area (Å²) >= 11 is 0.884. The van der Waals surface area contributed by atoms with Gasteiger partial charge in [-0.15, -0.1) is 0 Å². The molecule has 1 aliphatic rings. The van der Waals surface area contributed by atoms with E-state index in [1.165, 1.54) is 11.0 Å². The zero-order valence-electron chi connectivity index (χ0n) is 14.7. The lowest BCUT2D eigenvalue weighted by Gasteiger charge is -2.29. The van der Waals surface area contributed by atoms with Crippen LogP contribution in [-0.4, -0.2) is 34.1 Å². The molecule has 6 nitrogen and oxygen atoms in total. The molecule has 29 heavy (non-hydrogen) atoms. The van der Waals surface area contributed by atoms with Crippen molar-refractivity contribution in [3.8, 4) is 0 Å². The normalized spacial score (nSPS) is 13.9. The van der Waals surface area contributed by atoms with Crippen LogP contribution in [0.1, 0.15) is 5.82 Å². The van der Waals surface area contributed by atoms with Crippen LogP contribution in [0.4, 0.5) is 24.5 Å². The number of hydrogen-bond donors (Lipinski definition) is 1. The number of fused-ring (bicyclic) bond motifs is 2. The molecule has 1 aromatic heterocycles. The second-order valence-corrected chi connectivity index (χ2v) is 7.17. The van der Waals surface area contributed by atoms with E-state index in [1.807, 2.05) is 0 Å². The maximum atomic E-state index is 13.1. The molecule has 148 valence electrons. The lowest BCUT2D eigenvalue weighted by atomic mass is 10.2. The molecule has 0 spiro atoms. The number of benzene rings is 2. The number of anilines is 2. The summed E-state index contributed by atoms with van der Waals surface area (Å²) < 4.78 is 39.4. The molecule has 0 saturated carbocycles. The van der Waals surface area contributed by atoms with Gasteiger partial charge >= 0.3 is 6.18 Å². The maximum absolute atomic E-state index is 13.1. The van der Waals surface area contributed by atoms with Gasteiger partial charge in [0.15, 0.2) is 0 Å². The Morgan fingerprint density at radius 1 is 1.10 bits per heavy atom. The molecule has 2 aromatic carbocycles. The second kappa shape index (κ2) is 7.36. The molecule has 0 unspecified atom stereocenters. The topological polar surface area (TPSA) is 75.2 Å². The Morgan fingerprint density at radius 3 is 2.62 bits per heavy atom. The van der Waals surface area contributed by atoms with Crippen molar-refractivity contribution in [1.82, 2.24) is 9.97 Å². The first kappa shape index (κ1) is 19.2. The number of rotatable bonds is 3. The summed E-state index contributed by atoms with van der Waals surface area (Å²) in [5, 5.41) is 3.17. The first-order valence-electron chi connectivity index (χ1n) is 8.49. The number of thioether (sulfide) groups is 1. The van der Waals surface area contributed by atoms with Crippen LogP contribution in [0.15, 0.2) is 53.6 Å². The zero-order chi connectivity index (χ0) is 20.6. The van der Waals surface area contributed by atoms with Gasteiger partial charge in [-0.2, -0.15) is 13.2 Å². The number of aromatic nitrogens is 2. The Hall–Kier alpha value is -3.14. The number of nitrogens with zero attached hydrogens (tertiary/aromatic N) is 3. The molecule has 4 rings (SSSR count). The van der Waals surface area contributed by atoms with Gasteiger partial charge in [0.25, 0.3) is 0 Å². The first-order valence-corrected chi connectivity index (χ1v) is 9.47. The van der Waals surface area contributed by atoms with Crippen LogP contribution in [0.3, 0.4) is 0 Å². The highest BCUT2D eigenvalue weighted by Gasteiger charge is 2.35. The summed E-state index contributed by atoms with van der Waals surface area (Å²) in [6.07, 6.45) is -4.70. The lowest BCUT2D eigenvalue weighted by molar-refractivity contribution is -0.145. The van der Waals surface area contributed by atoms with E-state index < -0.39 is 17.9 Å². The second-order valence-electron chi connectivity index (χ2n) is 6.20. The highest BCUT2D eigenvalue weighted by atomic mass is 32.2. The monoisotopic (exact) mass is 418 g/mol. The van der Waals surface area contributed by atoms with E-state index in [0.717, 1.165) is 11.8 Å². The summed E-state index contributed by atoms with van der Waals surface area (Å²) in [6, 6.07) is 13.1. The Balaban J connectivity index is 1.62. The Bertz CT molecular complexity index is 1120. The molecule has 0 atom stereocenters. The van der Waals surface area contributed by atoms with E-state index in [-0.39, 0.29) is 28.7 Å². The van der Waals surface area contributed by atoms with Crippen molar-refractivity contribution in [3.05, 3.63) is 54.4 Å². The van der Waals surface area contributed by atoms with Gasteiger partial charge in [-0.05, 0) is 18.2 Å². The Kier molecular flexibility index (Phi) is 4.87. The molecule has 0 fully saturated rings. The van der Waals surface area contributed by atoms with Gasteiger partial charge in [0.1, 0.15) is 11.6 Å². The van der Waals surface area contributed by atoms with Crippen molar-refractivity contribution in [2.24, 2.45) is 0 Å². The van der Waals surface area contributed by atoms with Crippen molar-refractivity contribution in [2.45, 2.75) is 11.2 Å². The van der Waals surface area contributed by atoms with Crippen molar-refractivity contribution >= 4 is 45.9 Å². The van der Waals surface area contributed by atoms with Gasteiger partial charge in [0, 0.05) is 5.39 Å². The number of nitrogens with one attached hydrogen (secondary N) is 1. The minimum atomic E-state index is -4.70. The van der Waals surface area contributed by atoms with Crippen molar-refractivity contribution in [3.63, 3.8) is 0 Å². The largest absolute Gasteiger partial charge is 0.451 e. The zero-order valence-corrected chi connectivity index (χ0v) is 15.5. The predicted octanol–water partition coefficient (Wildman–Crippen LogP) is 3.73. The van der Waals surface area contributed by atoms with E-state index in [2.05, 4.69) is 15.3 Å². The number of hydrogen-bond acceptors (Lipinski definition) is 5. The van der Waals surface area contributed by atoms with Crippen LogP contribution in [-0.2, 0) is 15.8 Å². The van der Waals surface area contributed by atoms with Crippen LogP contribution in [0.5, 0.6) is 0 Å². The van der Waals surface area contributed by atoms with Crippen LogP contribution in [0.25, 0.3) is 10.9 Å². The third-order valence-electron chi connectivity index (χ3n) is 4.23. The van der Waals surface area contributed by atoms with Gasteiger partial charge in [-0.25, -0.2) is 9.97 Å². The standard InChI is InChI=1S/C19H13F3N4O2S/c20-19(21,22)18-24-12-6-2-1-5-11(12)17(25-18)29-10-16(28)26-9-15(27)23-13-7-3-4-8-14(13)26/h1-8H,9-10H2,(H,23,27). The number of halogens is 3. The van der Waals surface area contributed by atoms with Gasteiger partial charge in [0.2, 0.25) is 17.6 Å². The fourth-order valence-corrected chi connectivity index (χ4v) is 3.84. The van der Waals surface area contributed by atoms with E-state index in [4.69, 9.17) is 0 Å². The number of amides is 2. The molecule has 0 saturated heterocycles. The molecule has 10 heteroatoms. The summed E-state index contributed by atoms with van der Waals surface area (Å²) in [7, 11) is 0. The molecule has 2 amide bonds. The number of alkyl halides is 3. The summed E-state index contributed by atoms with van der Waals surface area (Å²) in [5.41, 5.74) is 1.20. The minimum Gasteiger partial charge on any atom is -0.323 e. The van der Waals surface area contributed by atoms with Crippen molar-refractivity contribution in [2.75, 3.05) is 22.5 Å². The van der Waals surface area contributed by atoms with E-state index >= 15 is 0 Å². The predicted molar refractivity (Wildman–Crippen MR) is 103 cm³/mol. The fourth-order valence-electron chi connectivity index (χ4n) is 2.95. The molecule has 1 N–H and O–H groups in total. The smallest absolute Gasteiger partial charge is 0.323 e. The van der Waals surface area contributed by atoms with Gasteiger partial charge in [-0.3, -0.25) is 9.59 Å². The summed E-state index contributed by atoms with van der Waals surface area (Å²) in [4.78, 5) is 33.2. The quantitative estimate of drug-likeness (QED) is 0.518. The van der Waals surface area contributed by atoms with Crippen molar-refractivity contribution in [1.29, 1.82) is 0 Å². The number of carbonyl (C=O) groups excluding carboxylic acids is 2. The fraction of sp³-hybridized carbons (Fsp3) is 0.158. The Morgan fingerprint density at radius 2 is 1.83 bits per heavy atom. The summed E-state index contributed by atoms with van der Waals surface area (Å²) in [6.45, 7) is -0.158. The first-order chi connectivity index (χ1) is 13.8. The van der Waals surface area contributed by atoms with E-state index in [1.54, 1.807) is 42.5 Å². The van der Waals surface area contributed by atoms with Crippen LogP contribution < -0.4 is 10.2 Å². The summed E-state index contributed by atoms with van der Waals surface area (Å²) in [5.74, 6) is -2.18. The molecule has 0 radical (unpaired) electrons. The maximum Gasteiger partial charge on any atom is 0.451 e. The lowest BCUT2D eigenvalue weighted by Crippen LogP contribution is -2.43. The SMILES string of the molecule is O=C1CN(C(=O)CSc2nc(C(F)(F)F)nc3ccccc23)c2ccccc2N1. The van der Waals surface area contributed by atoms with Gasteiger partial charge < -0.3 is 10.2 Å². The molecule has 0 bridgehead atoms. The average Bonchev–Trinajstić information content (AvgIpc) is 2.70. The van der Waals surface area contributed by atoms with E-state index in [9.17, 15) is 22.8 Å². The van der Waals surface area contributed by atoms with Gasteiger partial charge in [0.05, 0.1) is 22.6 Å². The molecular formula is C19H13F3N4O2S. The number of carbonyl (C=O) groups is 2. The third kappa shape index (κ3) is 3.88. The Labute approximate surface area is 167 Å². The highest BCUT2D eigenvalue weighted by molar-refractivity contribution is 8.00. The van der Waals surface area contributed by atoms with Gasteiger partial charge in [-0.1, -0.05) is 42.1 Å². The van der Waals surface area contributed by atoms with Crippen molar-refractivity contribution < 1.29 is 22.8 Å². The van der Waals surface area contributed by atoms with Crippen LogP contribution >= 0.6 is 11.8 Å². The van der Waals surface area contributed by atoms with Crippen LogP contribution in [0.2, 0.25) is 0 Å². The molecule has 2 heterocycles. The van der Waals surface area contributed by atoms with Crippen LogP contribution in [0, 0.1) is 0 Å². The minimum absolute atomic E-state index is 0.0611. The average molecular weight is 418 g/mol. The highest BCUT2D eigenvalue weighted by Crippen LogP contribution is 2.33. The molecule has 0 aliphatic carbocycles. The molecular weight excluding hydrogens is 405 g/mol. The number of para-hydroxylation sites is 3. The molecule has 1 aliphatic heterocycles.